The van der Waals surface area contributed by atoms with Crippen LogP contribution in [0.3, 0.4) is 0 Å². The van der Waals surface area contributed by atoms with Crippen molar-refractivity contribution < 1.29 is 9.53 Å². The van der Waals surface area contributed by atoms with E-state index in [4.69, 9.17) is 4.74 Å². The Kier molecular flexibility index (Phi) is 7.05. The molecule has 0 aliphatic rings. The number of hydrogen-bond acceptors (Lipinski definition) is 2. The first-order valence-corrected chi connectivity index (χ1v) is 9.07. The first-order chi connectivity index (χ1) is 12.0. The van der Waals surface area contributed by atoms with E-state index in [-0.39, 0.29) is 11.9 Å². The molecule has 0 saturated heterocycles. The highest BCUT2D eigenvalue weighted by Gasteiger charge is 2.18. The topological polar surface area (TPSA) is 38.3 Å². The summed E-state index contributed by atoms with van der Waals surface area (Å²) in [6.45, 7) is 8.09. The summed E-state index contributed by atoms with van der Waals surface area (Å²) in [6, 6.07) is 18.4. The minimum atomic E-state index is -0.515. The van der Waals surface area contributed by atoms with E-state index in [0.29, 0.717) is 5.92 Å². The Morgan fingerprint density at radius 3 is 2.28 bits per heavy atom. The molecule has 1 amide bonds. The van der Waals surface area contributed by atoms with E-state index >= 15 is 0 Å². The number of carbonyl (C=O) groups is 1. The van der Waals surface area contributed by atoms with Crippen LogP contribution >= 0.6 is 0 Å². The minimum Gasteiger partial charge on any atom is -0.481 e. The molecule has 0 saturated carbocycles. The number of para-hydroxylation sites is 1. The monoisotopic (exact) mass is 339 g/mol. The molecule has 0 aromatic heterocycles. The molecule has 1 N–H and O–H groups in total. The van der Waals surface area contributed by atoms with Crippen molar-refractivity contribution in [2.75, 3.05) is 0 Å². The molecule has 0 aliphatic heterocycles. The first-order valence-electron chi connectivity index (χ1n) is 9.07. The first kappa shape index (κ1) is 19.0. The SMILES string of the molecule is CC(C)c1ccccc1O[C@@H](C)C(=O)N[C@H](C)CCc1ccccc1. The van der Waals surface area contributed by atoms with Gasteiger partial charge in [-0.15, -0.1) is 0 Å². The molecule has 0 spiro atoms. The third kappa shape index (κ3) is 5.93. The van der Waals surface area contributed by atoms with E-state index in [2.05, 4.69) is 31.3 Å². The Hall–Kier alpha value is -2.29. The summed E-state index contributed by atoms with van der Waals surface area (Å²) in [6.07, 6.45) is 1.35. The van der Waals surface area contributed by atoms with Gasteiger partial charge in [0.2, 0.25) is 0 Å². The molecule has 134 valence electrons. The standard InChI is InChI=1S/C22H29NO2/c1-16(2)20-12-8-9-13-21(20)25-18(4)22(24)23-17(3)14-15-19-10-6-5-7-11-19/h5-13,16-18H,14-15H2,1-4H3,(H,23,24)/t17-,18+/m1/s1. The van der Waals surface area contributed by atoms with Crippen molar-refractivity contribution in [1.82, 2.24) is 5.32 Å². The van der Waals surface area contributed by atoms with Gasteiger partial charge in [-0.2, -0.15) is 0 Å². The predicted molar refractivity (Wildman–Crippen MR) is 103 cm³/mol. The summed E-state index contributed by atoms with van der Waals surface area (Å²) < 4.78 is 5.92. The zero-order valence-electron chi connectivity index (χ0n) is 15.7. The Morgan fingerprint density at radius 2 is 1.60 bits per heavy atom. The maximum absolute atomic E-state index is 12.4. The lowest BCUT2D eigenvalue weighted by Crippen LogP contribution is -2.41. The Morgan fingerprint density at radius 1 is 0.960 bits per heavy atom. The average molecular weight is 339 g/mol. The van der Waals surface area contributed by atoms with Crippen molar-refractivity contribution >= 4 is 5.91 Å². The van der Waals surface area contributed by atoms with Crippen LogP contribution in [0.2, 0.25) is 0 Å². The fourth-order valence-corrected chi connectivity index (χ4v) is 2.77. The zero-order valence-corrected chi connectivity index (χ0v) is 15.7. The molecular formula is C22H29NO2. The summed E-state index contributed by atoms with van der Waals surface area (Å²) in [5, 5.41) is 3.05. The number of nitrogens with one attached hydrogen (secondary N) is 1. The number of aryl methyl sites for hydroxylation is 1. The van der Waals surface area contributed by atoms with E-state index in [1.54, 1.807) is 6.92 Å². The van der Waals surface area contributed by atoms with Gasteiger partial charge in [-0.3, -0.25) is 4.79 Å². The van der Waals surface area contributed by atoms with Crippen molar-refractivity contribution in [1.29, 1.82) is 0 Å². The number of amides is 1. The van der Waals surface area contributed by atoms with E-state index in [0.717, 1.165) is 24.2 Å². The van der Waals surface area contributed by atoms with Gasteiger partial charge in [0.25, 0.3) is 5.91 Å². The van der Waals surface area contributed by atoms with Crippen LogP contribution in [0, 0.1) is 0 Å². The highest BCUT2D eigenvalue weighted by atomic mass is 16.5. The minimum absolute atomic E-state index is 0.0703. The van der Waals surface area contributed by atoms with Crippen LogP contribution in [0.4, 0.5) is 0 Å². The van der Waals surface area contributed by atoms with Gasteiger partial charge in [0.05, 0.1) is 0 Å². The molecule has 0 aliphatic carbocycles. The zero-order chi connectivity index (χ0) is 18.2. The van der Waals surface area contributed by atoms with Crippen LogP contribution in [-0.2, 0) is 11.2 Å². The smallest absolute Gasteiger partial charge is 0.260 e. The molecule has 25 heavy (non-hydrogen) atoms. The van der Waals surface area contributed by atoms with Gasteiger partial charge in [0, 0.05) is 6.04 Å². The summed E-state index contributed by atoms with van der Waals surface area (Å²) in [4.78, 5) is 12.4. The van der Waals surface area contributed by atoms with Crippen LogP contribution < -0.4 is 10.1 Å². The van der Waals surface area contributed by atoms with Gasteiger partial charge < -0.3 is 10.1 Å². The van der Waals surface area contributed by atoms with Crippen LogP contribution in [0.25, 0.3) is 0 Å². The lowest BCUT2D eigenvalue weighted by atomic mass is 10.0. The van der Waals surface area contributed by atoms with Crippen LogP contribution in [0.5, 0.6) is 5.75 Å². The normalized spacial score (nSPS) is 13.3. The number of rotatable bonds is 8. The van der Waals surface area contributed by atoms with Gasteiger partial charge >= 0.3 is 0 Å². The Labute approximate surface area is 151 Å². The number of benzene rings is 2. The summed E-state index contributed by atoms with van der Waals surface area (Å²) in [7, 11) is 0. The van der Waals surface area contributed by atoms with Crippen molar-refractivity contribution in [3.63, 3.8) is 0 Å². The maximum atomic E-state index is 12.4. The predicted octanol–water partition coefficient (Wildman–Crippen LogP) is 4.71. The highest BCUT2D eigenvalue weighted by molar-refractivity contribution is 5.81. The molecule has 2 rings (SSSR count). The van der Waals surface area contributed by atoms with Gasteiger partial charge in [-0.1, -0.05) is 62.4 Å². The molecule has 2 aromatic carbocycles. The van der Waals surface area contributed by atoms with Crippen LogP contribution in [0.1, 0.15) is 51.2 Å². The third-order valence-electron chi connectivity index (χ3n) is 4.31. The van der Waals surface area contributed by atoms with E-state index < -0.39 is 6.10 Å². The van der Waals surface area contributed by atoms with Crippen molar-refractivity contribution in [2.24, 2.45) is 0 Å². The molecule has 2 atom stereocenters. The van der Waals surface area contributed by atoms with Gasteiger partial charge in [-0.25, -0.2) is 0 Å². The Bertz CT molecular complexity index is 667. The summed E-state index contributed by atoms with van der Waals surface area (Å²) >= 11 is 0. The molecule has 3 nitrogen and oxygen atoms in total. The van der Waals surface area contributed by atoms with Crippen molar-refractivity contribution in [3.8, 4) is 5.75 Å². The fourth-order valence-electron chi connectivity index (χ4n) is 2.77. The van der Waals surface area contributed by atoms with Gasteiger partial charge in [-0.05, 0) is 49.8 Å². The molecule has 0 unspecified atom stereocenters. The Balaban J connectivity index is 1.85. The third-order valence-corrected chi connectivity index (χ3v) is 4.31. The maximum Gasteiger partial charge on any atom is 0.260 e. The lowest BCUT2D eigenvalue weighted by Gasteiger charge is -2.21. The van der Waals surface area contributed by atoms with Gasteiger partial charge in [0.1, 0.15) is 5.75 Å². The van der Waals surface area contributed by atoms with E-state index in [1.165, 1.54) is 5.56 Å². The molecule has 2 aromatic rings. The molecule has 3 heteroatoms. The second-order valence-corrected chi connectivity index (χ2v) is 6.89. The number of hydrogen-bond donors (Lipinski definition) is 1. The quantitative estimate of drug-likeness (QED) is 0.756. The van der Waals surface area contributed by atoms with Crippen molar-refractivity contribution in [2.45, 2.75) is 58.6 Å². The highest BCUT2D eigenvalue weighted by Crippen LogP contribution is 2.26. The van der Waals surface area contributed by atoms with E-state index in [1.807, 2.05) is 49.4 Å². The average Bonchev–Trinajstić information content (AvgIpc) is 2.61. The van der Waals surface area contributed by atoms with Crippen LogP contribution in [0.15, 0.2) is 54.6 Å². The molecular weight excluding hydrogens is 310 g/mol. The van der Waals surface area contributed by atoms with E-state index in [9.17, 15) is 4.79 Å². The molecule has 0 heterocycles. The largest absolute Gasteiger partial charge is 0.481 e. The number of ether oxygens (including phenoxy) is 1. The molecule has 0 bridgehead atoms. The number of carbonyl (C=O) groups excluding carboxylic acids is 1. The van der Waals surface area contributed by atoms with Gasteiger partial charge in [0.15, 0.2) is 6.10 Å². The van der Waals surface area contributed by atoms with Crippen LogP contribution in [-0.4, -0.2) is 18.1 Å². The lowest BCUT2D eigenvalue weighted by molar-refractivity contribution is -0.127. The summed E-state index contributed by atoms with van der Waals surface area (Å²) in [5.41, 5.74) is 2.41. The second kappa shape index (κ2) is 9.26. The fraction of sp³-hybridized carbons (Fsp3) is 0.409. The van der Waals surface area contributed by atoms with Crippen molar-refractivity contribution in [3.05, 3.63) is 65.7 Å². The molecule has 0 radical (unpaired) electrons. The molecule has 0 fully saturated rings. The summed E-state index contributed by atoms with van der Waals surface area (Å²) in [5.74, 6) is 1.08. The second-order valence-electron chi connectivity index (χ2n) is 6.89.